The highest BCUT2D eigenvalue weighted by molar-refractivity contribution is 7.46. The number of hydrogen-bond acceptors (Lipinski definition) is 4. The standard InChI is InChI=1S/C12H15O6P/c1-9(18-19(14,15)16)8-12(13)17-10(2)11-6-4-3-5-7-11/h3-8,10H,1-2H3,(H2,14,15,16). The van der Waals surface area contributed by atoms with E-state index in [0.717, 1.165) is 11.6 Å². The molecular formula is C12H15O6P. The van der Waals surface area contributed by atoms with Crippen molar-refractivity contribution in [3.63, 3.8) is 0 Å². The largest absolute Gasteiger partial charge is 0.524 e. The second kappa shape index (κ2) is 6.52. The first-order valence-corrected chi connectivity index (χ1v) is 7.00. The van der Waals surface area contributed by atoms with Gasteiger partial charge in [0.2, 0.25) is 0 Å². The van der Waals surface area contributed by atoms with Gasteiger partial charge >= 0.3 is 13.8 Å². The van der Waals surface area contributed by atoms with E-state index < -0.39 is 19.9 Å². The van der Waals surface area contributed by atoms with Crippen LogP contribution in [0.1, 0.15) is 25.5 Å². The summed E-state index contributed by atoms with van der Waals surface area (Å²) in [5.41, 5.74) is 0.817. The molecule has 1 atom stereocenters. The van der Waals surface area contributed by atoms with Gasteiger partial charge in [0.05, 0.1) is 6.08 Å². The summed E-state index contributed by atoms with van der Waals surface area (Å²) in [5, 5.41) is 0. The summed E-state index contributed by atoms with van der Waals surface area (Å²) in [6, 6.07) is 9.09. The lowest BCUT2D eigenvalue weighted by atomic mass is 10.1. The van der Waals surface area contributed by atoms with Gasteiger partial charge in [-0.15, -0.1) is 0 Å². The normalized spacial score (nSPS) is 13.8. The van der Waals surface area contributed by atoms with Gasteiger partial charge < -0.3 is 9.26 Å². The lowest BCUT2D eigenvalue weighted by Gasteiger charge is -2.12. The molecule has 0 saturated carbocycles. The van der Waals surface area contributed by atoms with Crippen molar-refractivity contribution in [2.45, 2.75) is 20.0 Å². The van der Waals surface area contributed by atoms with Gasteiger partial charge in [0.15, 0.2) is 0 Å². The molecule has 1 rings (SSSR count). The highest BCUT2D eigenvalue weighted by Gasteiger charge is 2.17. The van der Waals surface area contributed by atoms with Gasteiger partial charge in [-0.1, -0.05) is 30.3 Å². The highest BCUT2D eigenvalue weighted by Crippen LogP contribution is 2.38. The molecule has 0 fully saturated rings. The molecule has 0 amide bonds. The third-order valence-electron chi connectivity index (χ3n) is 2.15. The molecule has 0 spiro atoms. The fourth-order valence-corrected chi connectivity index (χ4v) is 1.81. The second-order valence-electron chi connectivity index (χ2n) is 3.83. The summed E-state index contributed by atoms with van der Waals surface area (Å²) in [6.07, 6.45) is 0.422. The Kier molecular flexibility index (Phi) is 5.30. The fraction of sp³-hybridized carbons (Fsp3) is 0.250. The molecule has 104 valence electrons. The van der Waals surface area contributed by atoms with Crippen LogP contribution in [0.4, 0.5) is 0 Å². The third-order valence-corrected chi connectivity index (χ3v) is 2.67. The van der Waals surface area contributed by atoms with Crippen molar-refractivity contribution in [3.05, 3.63) is 47.7 Å². The van der Waals surface area contributed by atoms with Crippen molar-refractivity contribution in [1.82, 2.24) is 0 Å². The van der Waals surface area contributed by atoms with Crippen molar-refractivity contribution in [2.75, 3.05) is 0 Å². The average molecular weight is 286 g/mol. The second-order valence-corrected chi connectivity index (χ2v) is 4.99. The quantitative estimate of drug-likeness (QED) is 0.373. The van der Waals surface area contributed by atoms with Crippen LogP contribution in [-0.2, 0) is 18.6 Å². The van der Waals surface area contributed by atoms with E-state index in [-0.39, 0.29) is 5.76 Å². The summed E-state index contributed by atoms with van der Waals surface area (Å²) in [4.78, 5) is 28.6. The smallest absolute Gasteiger partial charge is 0.455 e. The summed E-state index contributed by atoms with van der Waals surface area (Å²) >= 11 is 0. The summed E-state index contributed by atoms with van der Waals surface area (Å²) < 4.78 is 19.8. The number of ether oxygens (including phenoxy) is 1. The molecule has 0 aliphatic heterocycles. The van der Waals surface area contributed by atoms with Crippen LogP contribution in [0.2, 0.25) is 0 Å². The molecule has 0 radical (unpaired) electrons. The highest BCUT2D eigenvalue weighted by atomic mass is 31.2. The van der Waals surface area contributed by atoms with Gasteiger partial charge in [-0.05, 0) is 19.4 Å². The number of esters is 1. The third kappa shape index (κ3) is 6.20. The van der Waals surface area contributed by atoms with Crippen molar-refractivity contribution in [3.8, 4) is 0 Å². The maximum absolute atomic E-state index is 11.5. The van der Waals surface area contributed by atoms with Crippen molar-refractivity contribution >= 4 is 13.8 Å². The van der Waals surface area contributed by atoms with Crippen molar-refractivity contribution in [2.24, 2.45) is 0 Å². The number of phosphoric ester groups is 1. The zero-order valence-corrected chi connectivity index (χ0v) is 11.4. The topological polar surface area (TPSA) is 93.1 Å². The van der Waals surface area contributed by atoms with Crippen LogP contribution < -0.4 is 0 Å². The van der Waals surface area contributed by atoms with E-state index in [1.807, 2.05) is 18.2 Å². The predicted molar refractivity (Wildman–Crippen MR) is 67.8 cm³/mol. The van der Waals surface area contributed by atoms with Gasteiger partial charge in [-0.25, -0.2) is 9.36 Å². The maximum atomic E-state index is 11.5. The fourth-order valence-electron chi connectivity index (χ4n) is 1.38. The van der Waals surface area contributed by atoms with E-state index in [2.05, 4.69) is 4.52 Å². The number of allylic oxidation sites excluding steroid dienone is 1. The Hall–Kier alpha value is -1.62. The molecule has 0 aliphatic rings. The van der Waals surface area contributed by atoms with Crippen molar-refractivity contribution < 1.29 is 28.4 Å². The Labute approximate surface area is 110 Å². The Morgan fingerprint density at radius 1 is 1.32 bits per heavy atom. The number of carbonyl (C=O) groups is 1. The Bertz CT molecular complexity index is 504. The van der Waals surface area contributed by atoms with Crippen LogP contribution >= 0.6 is 7.82 Å². The summed E-state index contributed by atoms with van der Waals surface area (Å²) in [6.45, 7) is 2.95. The Morgan fingerprint density at radius 2 is 1.89 bits per heavy atom. The average Bonchev–Trinajstić information content (AvgIpc) is 2.27. The van der Waals surface area contributed by atoms with Gasteiger partial charge in [0.1, 0.15) is 11.9 Å². The van der Waals surface area contributed by atoms with Crippen LogP contribution in [0.15, 0.2) is 42.2 Å². The van der Waals surface area contributed by atoms with Gasteiger partial charge in [0.25, 0.3) is 0 Å². The molecule has 0 aliphatic carbocycles. The molecule has 0 heterocycles. The molecule has 1 aromatic rings. The Morgan fingerprint density at radius 3 is 2.42 bits per heavy atom. The maximum Gasteiger partial charge on any atom is 0.524 e. The number of benzene rings is 1. The van der Waals surface area contributed by atoms with E-state index >= 15 is 0 Å². The van der Waals surface area contributed by atoms with E-state index in [1.165, 1.54) is 6.92 Å². The van der Waals surface area contributed by atoms with Crippen LogP contribution in [0.25, 0.3) is 0 Å². The zero-order valence-electron chi connectivity index (χ0n) is 10.5. The van der Waals surface area contributed by atoms with Crippen LogP contribution in [0.3, 0.4) is 0 Å². The molecule has 0 aromatic heterocycles. The van der Waals surface area contributed by atoms with Gasteiger partial charge in [-0.2, -0.15) is 0 Å². The zero-order chi connectivity index (χ0) is 14.5. The predicted octanol–water partition coefficient (Wildman–Crippen LogP) is 2.30. The van der Waals surface area contributed by atoms with Gasteiger partial charge in [-0.3, -0.25) is 9.79 Å². The minimum Gasteiger partial charge on any atom is -0.455 e. The Balaban J connectivity index is 2.61. The lowest BCUT2D eigenvalue weighted by Crippen LogP contribution is -2.07. The van der Waals surface area contributed by atoms with E-state index in [9.17, 15) is 9.36 Å². The molecule has 19 heavy (non-hydrogen) atoms. The minimum atomic E-state index is -4.65. The van der Waals surface area contributed by atoms with Crippen LogP contribution in [0, 0.1) is 0 Å². The monoisotopic (exact) mass is 286 g/mol. The molecule has 2 N–H and O–H groups in total. The molecule has 7 heteroatoms. The number of phosphoric acid groups is 1. The molecule has 6 nitrogen and oxygen atoms in total. The lowest BCUT2D eigenvalue weighted by molar-refractivity contribution is -0.142. The van der Waals surface area contributed by atoms with Crippen molar-refractivity contribution in [1.29, 1.82) is 0 Å². The minimum absolute atomic E-state index is 0.210. The molecule has 1 unspecified atom stereocenters. The summed E-state index contributed by atoms with van der Waals surface area (Å²) in [5.74, 6) is -0.944. The van der Waals surface area contributed by atoms with Crippen LogP contribution in [0.5, 0.6) is 0 Å². The molecular weight excluding hydrogens is 271 g/mol. The van der Waals surface area contributed by atoms with Gasteiger partial charge in [0, 0.05) is 0 Å². The SMILES string of the molecule is CC(=CC(=O)OC(C)c1ccccc1)OP(=O)(O)O. The first kappa shape index (κ1) is 15.4. The molecule has 0 bridgehead atoms. The van der Waals surface area contributed by atoms with Crippen LogP contribution in [-0.4, -0.2) is 15.8 Å². The van der Waals surface area contributed by atoms with E-state index in [4.69, 9.17) is 14.5 Å². The van der Waals surface area contributed by atoms with E-state index in [1.54, 1.807) is 19.1 Å². The number of hydrogen-bond donors (Lipinski definition) is 2. The number of rotatable bonds is 5. The van der Waals surface area contributed by atoms with E-state index in [0.29, 0.717) is 0 Å². The summed E-state index contributed by atoms with van der Waals surface area (Å²) in [7, 11) is -4.65. The molecule has 1 aromatic carbocycles. The first-order valence-electron chi connectivity index (χ1n) is 5.47. The molecule has 0 saturated heterocycles. The number of carbonyl (C=O) groups excluding carboxylic acids is 1. The first-order chi connectivity index (χ1) is 8.78.